The SMILES string of the molecule is CC1CN(C(Cc2ccccc2)C(=O)NCC2N=Cc3cncnc32)C1=O. The molecule has 1 N–H and O–H groups in total. The van der Waals surface area contributed by atoms with E-state index in [0.717, 1.165) is 16.8 Å². The van der Waals surface area contributed by atoms with Crippen molar-refractivity contribution in [3.63, 3.8) is 0 Å². The van der Waals surface area contributed by atoms with E-state index < -0.39 is 6.04 Å². The number of benzene rings is 1. The number of rotatable bonds is 6. The number of nitrogens with one attached hydrogen (secondary N) is 1. The Kier molecular flexibility index (Phi) is 4.66. The van der Waals surface area contributed by atoms with E-state index in [-0.39, 0.29) is 23.8 Å². The minimum absolute atomic E-state index is 0.0147. The number of carbonyl (C=O) groups excluding carboxylic acids is 2. The summed E-state index contributed by atoms with van der Waals surface area (Å²) in [4.78, 5) is 39.5. The van der Waals surface area contributed by atoms with Crippen LogP contribution in [-0.2, 0) is 16.0 Å². The van der Waals surface area contributed by atoms with Crippen LogP contribution >= 0.6 is 0 Å². The summed E-state index contributed by atoms with van der Waals surface area (Å²) in [7, 11) is 0. The minimum atomic E-state index is -0.508. The third kappa shape index (κ3) is 3.45. The Morgan fingerprint density at radius 2 is 2.15 bits per heavy atom. The highest BCUT2D eigenvalue weighted by Gasteiger charge is 2.41. The number of carbonyl (C=O) groups is 2. The van der Waals surface area contributed by atoms with Gasteiger partial charge in [0.1, 0.15) is 18.4 Å². The van der Waals surface area contributed by atoms with Crippen molar-refractivity contribution in [3.8, 4) is 0 Å². The van der Waals surface area contributed by atoms with Gasteiger partial charge in [0, 0.05) is 37.5 Å². The molecule has 138 valence electrons. The fraction of sp³-hybridized carbons (Fsp3) is 0.350. The van der Waals surface area contributed by atoms with Gasteiger partial charge in [-0.25, -0.2) is 9.97 Å². The Bertz CT molecular complexity index is 883. The molecule has 1 aromatic carbocycles. The number of nitrogens with zero attached hydrogens (tertiary/aromatic N) is 4. The summed E-state index contributed by atoms with van der Waals surface area (Å²) in [6, 6.07) is 9.04. The third-order valence-electron chi connectivity index (χ3n) is 5.08. The van der Waals surface area contributed by atoms with Gasteiger partial charge >= 0.3 is 0 Å². The molecule has 0 radical (unpaired) electrons. The quantitative estimate of drug-likeness (QED) is 0.780. The fourth-order valence-electron chi connectivity index (χ4n) is 3.53. The first kappa shape index (κ1) is 17.3. The molecular weight excluding hydrogens is 342 g/mol. The van der Waals surface area contributed by atoms with Gasteiger partial charge in [0.25, 0.3) is 0 Å². The number of β-lactam (4-membered cyclic amide) rings is 1. The molecule has 2 amide bonds. The molecule has 2 aliphatic heterocycles. The van der Waals surface area contributed by atoms with E-state index in [2.05, 4.69) is 20.3 Å². The van der Waals surface area contributed by atoms with Crippen molar-refractivity contribution in [1.29, 1.82) is 0 Å². The lowest BCUT2D eigenvalue weighted by Gasteiger charge is -2.41. The lowest BCUT2D eigenvalue weighted by Crippen LogP contribution is -2.61. The molecule has 1 saturated heterocycles. The number of hydrogen-bond acceptors (Lipinski definition) is 5. The van der Waals surface area contributed by atoms with E-state index >= 15 is 0 Å². The monoisotopic (exact) mass is 363 g/mol. The van der Waals surface area contributed by atoms with Crippen LogP contribution in [0.25, 0.3) is 0 Å². The highest BCUT2D eigenvalue weighted by molar-refractivity contribution is 5.92. The van der Waals surface area contributed by atoms with E-state index in [4.69, 9.17) is 0 Å². The fourth-order valence-corrected chi connectivity index (χ4v) is 3.53. The van der Waals surface area contributed by atoms with Gasteiger partial charge in [0.05, 0.1) is 11.6 Å². The first-order valence-electron chi connectivity index (χ1n) is 9.08. The number of aliphatic imine (C=N–C) groups is 1. The van der Waals surface area contributed by atoms with Crippen LogP contribution in [0, 0.1) is 5.92 Å². The molecule has 1 fully saturated rings. The molecule has 4 rings (SSSR count). The maximum atomic E-state index is 12.9. The first-order valence-corrected chi connectivity index (χ1v) is 9.08. The van der Waals surface area contributed by atoms with E-state index in [1.165, 1.54) is 6.33 Å². The van der Waals surface area contributed by atoms with Crippen LogP contribution in [0.1, 0.15) is 29.8 Å². The number of amides is 2. The second-order valence-corrected chi connectivity index (χ2v) is 7.00. The summed E-state index contributed by atoms with van der Waals surface area (Å²) in [5.41, 5.74) is 2.73. The van der Waals surface area contributed by atoms with Crippen LogP contribution in [0.3, 0.4) is 0 Å². The van der Waals surface area contributed by atoms with Crippen LogP contribution in [-0.4, -0.2) is 52.0 Å². The average Bonchev–Trinajstić information content (AvgIpc) is 3.12. The Morgan fingerprint density at radius 3 is 2.89 bits per heavy atom. The van der Waals surface area contributed by atoms with Crippen molar-refractivity contribution in [3.05, 3.63) is 59.7 Å². The zero-order valence-electron chi connectivity index (χ0n) is 15.1. The van der Waals surface area contributed by atoms with Gasteiger partial charge in [-0.15, -0.1) is 0 Å². The lowest BCUT2D eigenvalue weighted by molar-refractivity contribution is -0.154. The Balaban J connectivity index is 1.44. The normalized spacial score (nSPS) is 21.5. The Morgan fingerprint density at radius 1 is 1.33 bits per heavy atom. The van der Waals surface area contributed by atoms with E-state index in [1.807, 2.05) is 37.3 Å². The minimum Gasteiger partial charge on any atom is -0.352 e. The first-order chi connectivity index (χ1) is 13.1. The molecule has 0 spiro atoms. The van der Waals surface area contributed by atoms with Gasteiger partial charge in [0.2, 0.25) is 11.8 Å². The van der Waals surface area contributed by atoms with Gasteiger partial charge in [-0.2, -0.15) is 0 Å². The second-order valence-electron chi connectivity index (χ2n) is 7.00. The smallest absolute Gasteiger partial charge is 0.243 e. The zero-order valence-corrected chi connectivity index (χ0v) is 15.1. The van der Waals surface area contributed by atoms with Crippen molar-refractivity contribution in [2.75, 3.05) is 13.1 Å². The van der Waals surface area contributed by atoms with E-state index in [9.17, 15) is 9.59 Å². The lowest BCUT2D eigenvalue weighted by atomic mass is 9.94. The van der Waals surface area contributed by atoms with Crippen LogP contribution in [0.2, 0.25) is 0 Å². The maximum Gasteiger partial charge on any atom is 0.243 e. The highest BCUT2D eigenvalue weighted by Crippen LogP contribution is 2.24. The van der Waals surface area contributed by atoms with Crippen molar-refractivity contribution < 1.29 is 9.59 Å². The predicted octanol–water partition coefficient (Wildman–Crippen LogP) is 1.16. The summed E-state index contributed by atoms with van der Waals surface area (Å²) in [6.07, 6.45) is 5.43. The summed E-state index contributed by atoms with van der Waals surface area (Å²) in [5.74, 6) is -0.140. The summed E-state index contributed by atoms with van der Waals surface area (Å²) in [5, 5.41) is 2.96. The number of hydrogen-bond donors (Lipinski definition) is 1. The number of fused-ring (bicyclic) bond motifs is 1. The molecule has 2 aliphatic rings. The van der Waals surface area contributed by atoms with Gasteiger partial charge in [-0.3, -0.25) is 14.6 Å². The van der Waals surface area contributed by atoms with E-state index in [0.29, 0.717) is 19.5 Å². The predicted molar refractivity (Wildman–Crippen MR) is 100 cm³/mol. The molecule has 7 heteroatoms. The van der Waals surface area contributed by atoms with Crippen LogP contribution in [0.5, 0.6) is 0 Å². The van der Waals surface area contributed by atoms with Gasteiger partial charge in [-0.05, 0) is 5.56 Å². The molecule has 0 saturated carbocycles. The summed E-state index contributed by atoms with van der Waals surface area (Å²) < 4.78 is 0. The molecule has 3 unspecified atom stereocenters. The van der Waals surface area contributed by atoms with Gasteiger partial charge in [-0.1, -0.05) is 37.3 Å². The largest absolute Gasteiger partial charge is 0.352 e. The second kappa shape index (κ2) is 7.26. The molecule has 0 bridgehead atoms. The van der Waals surface area contributed by atoms with Crippen LogP contribution < -0.4 is 5.32 Å². The molecule has 0 aliphatic carbocycles. The summed E-state index contributed by atoms with van der Waals surface area (Å²) in [6.45, 7) is 2.85. The van der Waals surface area contributed by atoms with E-state index in [1.54, 1.807) is 17.3 Å². The standard InChI is InChI=1S/C20H21N5O2/c1-13-11-25(20(13)27)17(7-14-5-3-2-4-6-14)19(26)23-10-16-18-15(9-22-16)8-21-12-24-18/h2-6,8-9,12-13,16-17H,7,10-11H2,1H3,(H,23,26). The molecule has 2 aromatic rings. The van der Waals surface area contributed by atoms with Gasteiger partial charge < -0.3 is 10.2 Å². The summed E-state index contributed by atoms with van der Waals surface area (Å²) >= 11 is 0. The Labute approximate surface area is 157 Å². The number of aromatic nitrogens is 2. The van der Waals surface area contributed by atoms with Crippen LogP contribution in [0.15, 0.2) is 47.8 Å². The number of likely N-dealkylation sites (tertiary alicyclic amines) is 1. The van der Waals surface area contributed by atoms with Crippen molar-refractivity contribution >= 4 is 18.0 Å². The molecule has 1 aromatic heterocycles. The van der Waals surface area contributed by atoms with Gasteiger partial charge in [0.15, 0.2) is 0 Å². The molecule has 3 heterocycles. The molecule has 3 atom stereocenters. The molecule has 27 heavy (non-hydrogen) atoms. The third-order valence-corrected chi connectivity index (χ3v) is 5.08. The molecule has 7 nitrogen and oxygen atoms in total. The highest BCUT2D eigenvalue weighted by atomic mass is 16.2. The Hall–Kier alpha value is -3.09. The van der Waals surface area contributed by atoms with Crippen LogP contribution in [0.4, 0.5) is 0 Å². The average molecular weight is 363 g/mol. The topological polar surface area (TPSA) is 87.6 Å². The van der Waals surface area contributed by atoms with Crippen molar-refractivity contribution in [2.45, 2.75) is 25.4 Å². The molecular formula is C20H21N5O2. The van der Waals surface area contributed by atoms with Crippen molar-refractivity contribution in [2.24, 2.45) is 10.9 Å². The van der Waals surface area contributed by atoms with Crippen molar-refractivity contribution in [1.82, 2.24) is 20.2 Å². The zero-order chi connectivity index (χ0) is 18.8. The maximum absolute atomic E-state index is 12.9.